The van der Waals surface area contributed by atoms with E-state index in [1.165, 1.54) is 13.0 Å². The van der Waals surface area contributed by atoms with Crippen molar-refractivity contribution in [2.45, 2.75) is 38.6 Å². The smallest absolute Gasteiger partial charge is 0.240 e. The van der Waals surface area contributed by atoms with Gasteiger partial charge in [0.05, 0.1) is 0 Å². The third-order valence-electron chi connectivity index (χ3n) is 3.62. The summed E-state index contributed by atoms with van der Waals surface area (Å²) in [4.78, 5) is 24.7. The molecule has 0 aromatic heterocycles. The molecular formula is C15H18F2N2O2. The van der Waals surface area contributed by atoms with Crippen molar-refractivity contribution in [3.05, 3.63) is 29.8 Å². The zero-order valence-electron chi connectivity index (χ0n) is 11.9. The van der Waals surface area contributed by atoms with Crippen molar-refractivity contribution in [1.82, 2.24) is 5.32 Å². The highest BCUT2D eigenvalue weighted by Gasteiger charge is 2.21. The van der Waals surface area contributed by atoms with E-state index in [0.717, 1.165) is 42.7 Å². The number of carbonyl (C=O) groups is 2. The fraction of sp³-hybridized carbons (Fsp3) is 0.467. The van der Waals surface area contributed by atoms with E-state index in [0.29, 0.717) is 0 Å². The van der Waals surface area contributed by atoms with Crippen LogP contribution < -0.4 is 10.2 Å². The van der Waals surface area contributed by atoms with E-state index in [2.05, 4.69) is 5.32 Å². The molecule has 114 valence electrons. The molecule has 0 unspecified atom stereocenters. The summed E-state index contributed by atoms with van der Waals surface area (Å²) in [5, 5.41) is 2.86. The van der Waals surface area contributed by atoms with E-state index < -0.39 is 17.5 Å². The van der Waals surface area contributed by atoms with Crippen molar-refractivity contribution in [1.29, 1.82) is 0 Å². The van der Waals surface area contributed by atoms with E-state index in [4.69, 9.17) is 0 Å². The minimum Gasteiger partial charge on any atom is -0.352 e. The van der Waals surface area contributed by atoms with Gasteiger partial charge in [0.1, 0.15) is 6.54 Å². The number of anilines is 1. The zero-order valence-corrected chi connectivity index (χ0v) is 11.9. The topological polar surface area (TPSA) is 49.4 Å². The highest BCUT2D eigenvalue weighted by Crippen LogP contribution is 2.19. The van der Waals surface area contributed by atoms with Crippen molar-refractivity contribution >= 4 is 17.5 Å². The van der Waals surface area contributed by atoms with Crippen molar-refractivity contribution < 1.29 is 18.4 Å². The second kappa shape index (κ2) is 6.65. The van der Waals surface area contributed by atoms with Crippen molar-refractivity contribution in [2.75, 3.05) is 11.4 Å². The van der Waals surface area contributed by atoms with Crippen LogP contribution in [0.3, 0.4) is 0 Å². The molecule has 1 aromatic rings. The molecule has 0 heterocycles. The first kappa shape index (κ1) is 15.4. The molecule has 2 rings (SSSR count). The molecule has 0 spiro atoms. The Morgan fingerprint density at radius 3 is 2.48 bits per heavy atom. The number of amides is 2. The summed E-state index contributed by atoms with van der Waals surface area (Å²) >= 11 is 0. The lowest BCUT2D eigenvalue weighted by Gasteiger charge is -2.22. The molecule has 1 fully saturated rings. The Labute approximate surface area is 122 Å². The third-order valence-corrected chi connectivity index (χ3v) is 3.62. The number of hydrogen-bond acceptors (Lipinski definition) is 2. The zero-order chi connectivity index (χ0) is 15.4. The first-order chi connectivity index (χ1) is 9.97. The molecule has 2 amide bonds. The van der Waals surface area contributed by atoms with E-state index in [9.17, 15) is 18.4 Å². The van der Waals surface area contributed by atoms with Gasteiger partial charge in [-0.15, -0.1) is 0 Å². The monoisotopic (exact) mass is 296 g/mol. The van der Waals surface area contributed by atoms with Gasteiger partial charge < -0.3 is 10.2 Å². The number of rotatable bonds is 4. The predicted octanol–water partition coefficient (Wildman–Crippen LogP) is 2.38. The summed E-state index contributed by atoms with van der Waals surface area (Å²) in [6.45, 7) is 1.08. The minimum absolute atomic E-state index is 0.149. The molecule has 1 aromatic carbocycles. The maximum atomic E-state index is 13.3. The number of hydrogen-bond donors (Lipinski definition) is 1. The average Bonchev–Trinajstić information content (AvgIpc) is 2.92. The Morgan fingerprint density at radius 2 is 1.90 bits per heavy atom. The van der Waals surface area contributed by atoms with Crippen LogP contribution in [0.15, 0.2) is 18.2 Å². The highest BCUT2D eigenvalue weighted by molar-refractivity contribution is 5.97. The maximum absolute atomic E-state index is 13.3. The number of halogens is 2. The third kappa shape index (κ3) is 4.00. The normalized spacial score (nSPS) is 15.0. The molecule has 0 radical (unpaired) electrons. The van der Waals surface area contributed by atoms with Gasteiger partial charge in [-0.3, -0.25) is 9.59 Å². The summed E-state index contributed by atoms with van der Waals surface area (Å²) in [7, 11) is 0. The van der Waals surface area contributed by atoms with Gasteiger partial charge in [0.15, 0.2) is 11.6 Å². The van der Waals surface area contributed by atoms with Gasteiger partial charge in [-0.25, -0.2) is 8.78 Å². The largest absolute Gasteiger partial charge is 0.352 e. The molecule has 1 aliphatic rings. The standard InChI is InChI=1S/C15H18F2N2O2/c1-10(20)19(12-6-7-13(16)14(17)8-12)9-15(21)18-11-4-2-3-5-11/h6-8,11H,2-5,9H2,1H3,(H,18,21). The summed E-state index contributed by atoms with van der Waals surface area (Å²) in [6.07, 6.45) is 4.06. The molecule has 21 heavy (non-hydrogen) atoms. The van der Waals surface area contributed by atoms with E-state index in [-0.39, 0.29) is 24.2 Å². The molecular weight excluding hydrogens is 278 g/mol. The molecule has 0 saturated heterocycles. The first-order valence-electron chi connectivity index (χ1n) is 7.00. The Balaban J connectivity index is 2.06. The number of nitrogens with zero attached hydrogens (tertiary/aromatic N) is 1. The quantitative estimate of drug-likeness (QED) is 0.927. The second-order valence-electron chi connectivity index (χ2n) is 5.25. The summed E-state index contributed by atoms with van der Waals surface area (Å²) < 4.78 is 26.2. The van der Waals surface area contributed by atoms with Crippen molar-refractivity contribution in [3.8, 4) is 0 Å². The van der Waals surface area contributed by atoms with Gasteiger partial charge in [-0.2, -0.15) is 0 Å². The van der Waals surface area contributed by atoms with Crippen LogP contribution in [0.1, 0.15) is 32.6 Å². The van der Waals surface area contributed by atoms with E-state index >= 15 is 0 Å². The van der Waals surface area contributed by atoms with Gasteiger partial charge in [-0.1, -0.05) is 12.8 Å². The lowest BCUT2D eigenvalue weighted by molar-refractivity contribution is -0.123. The minimum atomic E-state index is -1.05. The Kier molecular flexibility index (Phi) is 4.88. The van der Waals surface area contributed by atoms with Gasteiger partial charge in [-0.05, 0) is 25.0 Å². The van der Waals surface area contributed by atoms with Gasteiger partial charge in [0, 0.05) is 24.7 Å². The Hall–Kier alpha value is -1.98. The Morgan fingerprint density at radius 1 is 1.24 bits per heavy atom. The van der Waals surface area contributed by atoms with Crippen LogP contribution in [-0.2, 0) is 9.59 Å². The Bertz CT molecular complexity index is 542. The second-order valence-corrected chi connectivity index (χ2v) is 5.25. The van der Waals surface area contributed by atoms with Gasteiger partial charge >= 0.3 is 0 Å². The molecule has 4 nitrogen and oxygen atoms in total. The molecule has 0 atom stereocenters. The van der Waals surface area contributed by atoms with Gasteiger partial charge in [0.25, 0.3) is 0 Å². The maximum Gasteiger partial charge on any atom is 0.240 e. The van der Waals surface area contributed by atoms with Crippen LogP contribution in [0.25, 0.3) is 0 Å². The van der Waals surface area contributed by atoms with Crippen LogP contribution in [0.2, 0.25) is 0 Å². The van der Waals surface area contributed by atoms with Crippen molar-refractivity contribution in [2.24, 2.45) is 0 Å². The summed E-state index contributed by atoms with van der Waals surface area (Å²) in [5.74, 6) is -2.72. The lowest BCUT2D eigenvalue weighted by atomic mass is 10.2. The van der Waals surface area contributed by atoms with Gasteiger partial charge in [0.2, 0.25) is 11.8 Å². The number of carbonyl (C=O) groups excluding carboxylic acids is 2. The molecule has 0 aliphatic heterocycles. The highest BCUT2D eigenvalue weighted by atomic mass is 19.2. The van der Waals surface area contributed by atoms with Crippen LogP contribution in [0, 0.1) is 11.6 Å². The SMILES string of the molecule is CC(=O)N(CC(=O)NC1CCCC1)c1ccc(F)c(F)c1. The van der Waals surface area contributed by atoms with Crippen LogP contribution in [-0.4, -0.2) is 24.4 Å². The summed E-state index contributed by atoms with van der Waals surface area (Å²) in [5.41, 5.74) is 0.169. The number of nitrogens with one attached hydrogen (secondary N) is 1. The fourth-order valence-electron chi connectivity index (χ4n) is 2.52. The van der Waals surface area contributed by atoms with Crippen LogP contribution >= 0.6 is 0 Å². The van der Waals surface area contributed by atoms with E-state index in [1.807, 2.05) is 0 Å². The molecule has 1 N–H and O–H groups in total. The molecule has 0 bridgehead atoms. The van der Waals surface area contributed by atoms with Crippen LogP contribution in [0.5, 0.6) is 0 Å². The number of benzene rings is 1. The fourth-order valence-corrected chi connectivity index (χ4v) is 2.52. The predicted molar refractivity (Wildman–Crippen MR) is 74.8 cm³/mol. The van der Waals surface area contributed by atoms with Crippen molar-refractivity contribution in [3.63, 3.8) is 0 Å². The molecule has 6 heteroatoms. The van der Waals surface area contributed by atoms with E-state index in [1.54, 1.807) is 0 Å². The average molecular weight is 296 g/mol. The summed E-state index contributed by atoms with van der Waals surface area (Å²) in [6, 6.07) is 3.29. The van der Waals surface area contributed by atoms with Crippen LogP contribution in [0.4, 0.5) is 14.5 Å². The molecule has 1 aliphatic carbocycles. The first-order valence-corrected chi connectivity index (χ1v) is 7.00. The molecule has 1 saturated carbocycles. The lowest BCUT2D eigenvalue weighted by Crippen LogP contribution is -2.43.